The Bertz CT molecular complexity index is 266. The molecule has 3 unspecified atom stereocenters. The van der Waals surface area contributed by atoms with Gasteiger partial charge in [-0.15, -0.1) is 0 Å². The highest BCUT2D eigenvalue weighted by atomic mass is 16.5. The molecule has 0 saturated heterocycles. The molecule has 0 bridgehead atoms. The maximum atomic E-state index is 11.1. The lowest BCUT2D eigenvalue weighted by molar-refractivity contribution is -0.169. The lowest BCUT2D eigenvalue weighted by Crippen LogP contribution is -2.40. The lowest BCUT2D eigenvalue weighted by Gasteiger charge is -2.13. The van der Waals surface area contributed by atoms with Crippen LogP contribution in [0.3, 0.4) is 0 Å². The molecule has 7 nitrogen and oxygen atoms in total. The number of ether oxygens (including phenoxy) is 1. The fourth-order valence-electron chi connectivity index (χ4n) is 1.21. The van der Waals surface area contributed by atoms with Gasteiger partial charge < -0.3 is 25.2 Å². The first kappa shape index (κ1) is 16.8. The SMILES string of the molecule is CCC(O)CCCCOC(=O)C(O)C(O)C(=O)O. The molecular formula is C11H20O7. The summed E-state index contributed by atoms with van der Waals surface area (Å²) in [4.78, 5) is 21.4. The first-order valence-electron chi connectivity index (χ1n) is 5.83. The van der Waals surface area contributed by atoms with E-state index in [1.807, 2.05) is 6.92 Å². The first-order valence-corrected chi connectivity index (χ1v) is 5.83. The highest BCUT2D eigenvalue weighted by molar-refractivity contribution is 5.84. The fraction of sp³-hybridized carbons (Fsp3) is 0.818. The molecule has 0 saturated carbocycles. The van der Waals surface area contributed by atoms with Crippen molar-refractivity contribution in [2.24, 2.45) is 0 Å². The second-order valence-electron chi connectivity index (χ2n) is 3.95. The van der Waals surface area contributed by atoms with E-state index >= 15 is 0 Å². The third-order valence-corrected chi connectivity index (χ3v) is 2.44. The summed E-state index contributed by atoms with van der Waals surface area (Å²) in [6.07, 6.45) is -2.24. The van der Waals surface area contributed by atoms with E-state index < -0.39 is 24.1 Å². The normalized spacial score (nSPS) is 15.8. The van der Waals surface area contributed by atoms with Crippen LogP contribution in [0.5, 0.6) is 0 Å². The fourth-order valence-corrected chi connectivity index (χ4v) is 1.21. The highest BCUT2D eigenvalue weighted by Crippen LogP contribution is 2.05. The van der Waals surface area contributed by atoms with Crippen molar-refractivity contribution in [1.29, 1.82) is 0 Å². The van der Waals surface area contributed by atoms with Crippen LogP contribution in [0.4, 0.5) is 0 Å². The number of rotatable bonds is 9. The Labute approximate surface area is 105 Å². The third-order valence-electron chi connectivity index (χ3n) is 2.44. The third kappa shape index (κ3) is 6.53. The monoisotopic (exact) mass is 264 g/mol. The quantitative estimate of drug-likeness (QED) is 0.320. The molecule has 0 aromatic carbocycles. The number of aliphatic hydroxyl groups excluding tert-OH is 3. The summed E-state index contributed by atoms with van der Waals surface area (Å²) >= 11 is 0. The van der Waals surface area contributed by atoms with Crippen LogP contribution in [0.25, 0.3) is 0 Å². The van der Waals surface area contributed by atoms with E-state index in [0.29, 0.717) is 25.7 Å². The molecule has 7 heteroatoms. The van der Waals surface area contributed by atoms with Gasteiger partial charge in [-0.1, -0.05) is 6.92 Å². The summed E-state index contributed by atoms with van der Waals surface area (Å²) in [5.74, 6) is -2.86. The molecule has 3 atom stereocenters. The van der Waals surface area contributed by atoms with Crippen molar-refractivity contribution in [1.82, 2.24) is 0 Å². The predicted molar refractivity (Wildman–Crippen MR) is 60.8 cm³/mol. The Morgan fingerprint density at radius 2 is 1.72 bits per heavy atom. The number of carboxylic acid groups (broad SMARTS) is 1. The Morgan fingerprint density at radius 3 is 2.22 bits per heavy atom. The van der Waals surface area contributed by atoms with Crippen molar-refractivity contribution < 1.29 is 34.8 Å². The molecule has 0 aromatic rings. The molecule has 0 fully saturated rings. The molecule has 18 heavy (non-hydrogen) atoms. The molecule has 0 spiro atoms. The van der Waals surface area contributed by atoms with E-state index in [4.69, 9.17) is 15.3 Å². The molecule has 0 aliphatic carbocycles. The van der Waals surface area contributed by atoms with Gasteiger partial charge in [-0.05, 0) is 25.7 Å². The Hall–Kier alpha value is -1.18. The zero-order chi connectivity index (χ0) is 14.1. The topological polar surface area (TPSA) is 124 Å². The van der Waals surface area contributed by atoms with Gasteiger partial charge >= 0.3 is 11.9 Å². The van der Waals surface area contributed by atoms with Crippen LogP contribution in [0, 0.1) is 0 Å². The van der Waals surface area contributed by atoms with Gasteiger partial charge in [-0.3, -0.25) is 0 Å². The number of hydrogen-bond donors (Lipinski definition) is 4. The van der Waals surface area contributed by atoms with Crippen molar-refractivity contribution in [3.8, 4) is 0 Å². The maximum Gasteiger partial charge on any atom is 0.338 e. The van der Waals surface area contributed by atoms with Crippen LogP contribution in [-0.4, -0.2) is 57.3 Å². The van der Waals surface area contributed by atoms with Crippen molar-refractivity contribution in [3.05, 3.63) is 0 Å². The average molecular weight is 264 g/mol. The Kier molecular flexibility index (Phi) is 8.27. The maximum absolute atomic E-state index is 11.1. The van der Waals surface area contributed by atoms with Crippen LogP contribution in [-0.2, 0) is 14.3 Å². The second-order valence-corrected chi connectivity index (χ2v) is 3.95. The number of unbranched alkanes of at least 4 members (excludes halogenated alkanes) is 1. The minimum atomic E-state index is -2.18. The molecular weight excluding hydrogens is 244 g/mol. The van der Waals surface area contributed by atoms with Crippen LogP contribution < -0.4 is 0 Å². The van der Waals surface area contributed by atoms with Gasteiger partial charge in [0, 0.05) is 0 Å². The highest BCUT2D eigenvalue weighted by Gasteiger charge is 2.31. The largest absolute Gasteiger partial charge is 0.479 e. The number of hydrogen-bond acceptors (Lipinski definition) is 6. The first-order chi connectivity index (χ1) is 8.40. The summed E-state index contributed by atoms with van der Waals surface area (Å²) in [7, 11) is 0. The number of carbonyl (C=O) groups is 2. The zero-order valence-electron chi connectivity index (χ0n) is 10.3. The van der Waals surface area contributed by atoms with E-state index in [1.165, 1.54) is 0 Å². The number of aliphatic carboxylic acids is 1. The average Bonchev–Trinajstić information content (AvgIpc) is 2.35. The zero-order valence-corrected chi connectivity index (χ0v) is 10.3. The van der Waals surface area contributed by atoms with Gasteiger partial charge in [0.1, 0.15) is 0 Å². The van der Waals surface area contributed by atoms with Gasteiger partial charge in [-0.2, -0.15) is 0 Å². The van der Waals surface area contributed by atoms with E-state index in [2.05, 4.69) is 4.74 Å². The predicted octanol–water partition coefficient (Wildman–Crippen LogP) is -0.723. The molecule has 106 valence electrons. The van der Waals surface area contributed by atoms with Gasteiger partial charge in [0.15, 0.2) is 12.2 Å². The Balaban J connectivity index is 3.74. The number of carboxylic acids is 1. The minimum absolute atomic E-state index is 0.0126. The van der Waals surface area contributed by atoms with E-state index in [9.17, 15) is 14.7 Å². The van der Waals surface area contributed by atoms with Crippen molar-refractivity contribution >= 4 is 11.9 Å². The molecule has 0 radical (unpaired) electrons. The smallest absolute Gasteiger partial charge is 0.338 e. The van der Waals surface area contributed by atoms with Gasteiger partial charge in [-0.25, -0.2) is 9.59 Å². The lowest BCUT2D eigenvalue weighted by atomic mass is 10.1. The second kappa shape index (κ2) is 8.84. The van der Waals surface area contributed by atoms with Crippen LogP contribution >= 0.6 is 0 Å². The van der Waals surface area contributed by atoms with E-state index in [-0.39, 0.29) is 12.7 Å². The van der Waals surface area contributed by atoms with Crippen LogP contribution in [0.15, 0.2) is 0 Å². The van der Waals surface area contributed by atoms with Crippen molar-refractivity contribution in [2.45, 2.75) is 50.9 Å². The molecule has 0 heterocycles. The summed E-state index contributed by atoms with van der Waals surface area (Å²) in [6.45, 7) is 1.87. The molecule has 0 aliphatic heterocycles. The summed E-state index contributed by atoms with van der Waals surface area (Å²) < 4.78 is 4.60. The van der Waals surface area contributed by atoms with Gasteiger partial charge in [0.05, 0.1) is 12.7 Å². The number of aliphatic hydroxyl groups is 3. The molecule has 0 aliphatic rings. The van der Waals surface area contributed by atoms with Crippen LogP contribution in [0.1, 0.15) is 32.6 Å². The van der Waals surface area contributed by atoms with Gasteiger partial charge in [0.25, 0.3) is 0 Å². The number of carbonyl (C=O) groups excluding carboxylic acids is 1. The van der Waals surface area contributed by atoms with E-state index in [1.54, 1.807) is 0 Å². The van der Waals surface area contributed by atoms with Crippen LogP contribution in [0.2, 0.25) is 0 Å². The van der Waals surface area contributed by atoms with Gasteiger partial charge in [0.2, 0.25) is 0 Å². The Morgan fingerprint density at radius 1 is 1.11 bits per heavy atom. The summed E-state index contributed by atoms with van der Waals surface area (Å²) in [5.41, 5.74) is 0. The van der Waals surface area contributed by atoms with Crippen molar-refractivity contribution in [2.75, 3.05) is 6.61 Å². The number of esters is 1. The molecule has 0 amide bonds. The molecule has 0 aromatic heterocycles. The molecule has 4 N–H and O–H groups in total. The van der Waals surface area contributed by atoms with Crippen molar-refractivity contribution in [3.63, 3.8) is 0 Å². The summed E-state index contributed by atoms with van der Waals surface area (Å²) in [6, 6.07) is 0. The summed E-state index contributed by atoms with van der Waals surface area (Å²) in [5, 5.41) is 35.6. The minimum Gasteiger partial charge on any atom is -0.479 e. The molecule has 0 rings (SSSR count). The standard InChI is InChI=1S/C11H20O7/c1-2-7(12)5-3-4-6-18-11(17)9(14)8(13)10(15)16/h7-9,12-14H,2-6H2,1H3,(H,15,16). The van der Waals surface area contributed by atoms with E-state index in [0.717, 1.165) is 0 Å².